The highest BCUT2D eigenvalue weighted by Gasteiger charge is 2.72. The molecule has 4 saturated carbocycles. The van der Waals surface area contributed by atoms with Crippen LogP contribution in [0, 0.1) is 28.6 Å². The molecule has 4 rings (SSSR count). The summed E-state index contributed by atoms with van der Waals surface area (Å²) < 4.78 is 0. The van der Waals surface area contributed by atoms with Crippen molar-refractivity contribution in [1.29, 1.82) is 0 Å². The van der Waals surface area contributed by atoms with Gasteiger partial charge in [0.1, 0.15) is 5.60 Å². The average molecular weight is 352 g/mol. The van der Waals surface area contributed by atoms with Gasteiger partial charge in [0.15, 0.2) is 0 Å². The Morgan fingerprint density at radius 3 is 2.24 bits per heavy atom. The van der Waals surface area contributed by atoms with Gasteiger partial charge in [0.05, 0.1) is 23.9 Å². The first-order chi connectivity index (χ1) is 11.4. The molecule has 0 aromatic rings. The van der Waals surface area contributed by atoms with Gasteiger partial charge in [-0.05, 0) is 44.9 Å². The molecule has 5 heteroatoms. The largest absolute Gasteiger partial charge is 0.392 e. The van der Waals surface area contributed by atoms with E-state index in [0.29, 0.717) is 19.3 Å². The molecule has 4 aliphatic carbocycles. The molecule has 5 nitrogen and oxygen atoms in total. The summed E-state index contributed by atoms with van der Waals surface area (Å²) in [5.74, 6) is -0.649. The van der Waals surface area contributed by atoms with Gasteiger partial charge < -0.3 is 25.5 Å². The number of aliphatic hydroxyl groups is 5. The van der Waals surface area contributed by atoms with Gasteiger partial charge in [-0.3, -0.25) is 0 Å². The Kier molecular flexibility index (Phi) is 3.49. The van der Waals surface area contributed by atoms with E-state index in [2.05, 4.69) is 6.58 Å². The minimum atomic E-state index is -1.47. The van der Waals surface area contributed by atoms with Crippen LogP contribution < -0.4 is 0 Å². The Morgan fingerprint density at radius 2 is 1.60 bits per heavy atom. The molecule has 0 radical (unpaired) electrons. The van der Waals surface area contributed by atoms with E-state index in [1.54, 1.807) is 20.8 Å². The number of aliphatic hydroxyl groups excluding tert-OH is 3. The van der Waals surface area contributed by atoms with Crippen LogP contribution >= 0.6 is 0 Å². The molecule has 4 aliphatic rings. The van der Waals surface area contributed by atoms with Crippen molar-refractivity contribution in [3.05, 3.63) is 12.2 Å². The molecular weight excluding hydrogens is 320 g/mol. The van der Waals surface area contributed by atoms with E-state index in [0.717, 1.165) is 12.0 Å². The number of fused-ring (bicyclic) bond motifs is 2. The summed E-state index contributed by atoms with van der Waals surface area (Å²) in [5, 5.41) is 55.2. The standard InChI is InChI=1S/C20H32O5/c1-10-11-5-6-12-16(23)19(11,9-18(12,4)24)8-15(22)20(25)13(10)7-14(21)17(20,2)3/h11-16,21-25H,1,5-9H2,2-4H3/t11-,12+,13-,14+,15+,16-,18-,19-,20+/m0/s1. The highest BCUT2D eigenvalue weighted by atomic mass is 16.4. The SMILES string of the molecule is C=C1[C@@H]2CC[C@@H]3[C@H](O)[C@@]2(C[C@@H](O)[C@]2(O)[C@H]1C[C@@H](O)C2(C)C)C[C@]3(C)O. The summed E-state index contributed by atoms with van der Waals surface area (Å²) in [7, 11) is 0. The van der Waals surface area contributed by atoms with Gasteiger partial charge in [-0.25, -0.2) is 0 Å². The van der Waals surface area contributed by atoms with Crippen LogP contribution in [0.5, 0.6) is 0 Å². The van der Waals surface area contributed by atoms with Gasteiger partial charge >= 0.3 is 0 Å². The zero-order valence-electron chi connectivity index (χ0n) is 15.4. The Labute approximate surface area is 149 Å². The zero-order chi connectivity index (χ0) is 18.6. The van der Waals surface area contributed by atoms with Crippen molar-refractivity contribution >= 4 is 0 Å². The van der Waals surface area contributed by atoms with E-state index < -0.39 is 46.3 Å². The van der Waals surface area contributed by atoms with Crippen LogP contribution in [0.15, 0.2) is 12.2 Å². The number of hydrogen-bond acceptors (Lipinski definition) is 5. The fraction of sp³-hybridized carbons (Fsp3) is 0.900. The van der Waals surface area contributed by atoms with E-state index >= 15 is 0 Å². The molecular formula is C20H32O5. The van der Waals surface area contributed by atoms with Crippen LogP contribution in [0.3, 0.4) is 0 Å². The smallest absolute Gasteiger partial charge is 0.105 e. The summed E-state index contributed by atoms with van der Waals surface area (Å²) in [4.78, 5) is 0. The predicted molar refractivity (Wildman–Crippen MR) is 92.5 cm³/mol. The Balaban J connectivity index is 1.85. The summed E-state index contributed by atoms with van der Waals surface area (Å²) in [6.45, 7) is 9.67. The van der Waals surface area contributed by atoms with Crippen molar-refractivity contribution in [2.75, 3.05) is 0 Å². The van der Waals surface area contributed by atoms with E-state index in [1.807, 2.05) is 0 Å². The Hall–Kier alpha value is -0.460. The molecule has 25 heavy (non-hydrogen) atoms. The Bertz CT molecular complexity index is 613. The summed E-state index contributed by atoms with van der Waals surface area (Å²) in [6.07, 6.45) is 0.0421. The van der Waals surface area contributed by atoms with Crippen LogP contribution in [0.1, 0.15) is 52.9 Å². The topological polar surface area (TPSA) is 101 Å². The lowest BCUT2D eigenvalue weighted by atomic mass is 9.61. The molecule has 0 unspecified atom stereocenters. The second-order valence-corrected chi connectivity index (χ2v) is 10.1. The highest BCUT2D eigenvalue weighted by Crippen LogP contribution is 2.68. The molecule has 5 N–H and O–H groups in total. The minimum absolute atomic E-state index is 0.0532. The van der Waals surface area contributed by atoms with Crippen molar-refractivity contribution in [2.24, 2.45) is 28.6 Å². The first-order valence-electron chi connectivity index (χ1n) is 9.57. The van der Waals surface area contributed by atoms with Crippen LogP contribution in [0.2, 0.25) is 0 Å². The maximum absolute atomic E-state index is 11.6. The van der Waals surface area contributed by atoms with Gasteiger partial charge in [0, 0.05) is 22.7 Å². The van der Waals surface area contributed by atoms with Crippen molar-refractivity contribution in [3.8, 4) is 0 Å². The third-order valence-electron chi connectivity index (χ3n) is 8.75. The van der Waals surface area contributed by atoms with Crippen LogP contribution in [-0.4, -0.2) is 55.0 Å². The second-order valence-electron chi connectivity index (χ2n) is 10.1. The summed E-state index contributed by atoms with van der Waals surface area (Å²) in [6, 6.07) is 0. The molecule has 4 fully saturated rings. The quantitative estimate of drug-likeness (QED) is 0.418. The van der Waals surface area contributed by atoms with Gasteiger partial charge in [0.2, 0.25) is 0 Å². The lowest BCUT2D eigenvalue weighted by Crippen LogP contribution is -2.57. The number of hydrogen-bond donors (Lipinski definition) is 5. The molecule has 1 spiro atoms. The van der Waals surface area contributed by atoms with Gasteiger partial charge in [0.25, 0.3) is 0 Å². The van der Waals surface area contributed by atoms with Crippen molar-refractivity contribution in [3.63, 3.8) is 0 Å². The van der Waals surface area contributed by atoms with Gasteiger partial charge in [-0.2, -0.15) is 0 Å². The molecule has 0 aromatic heterocycles. The van der Waals surface area contributed by atoms with Crippen molar-refractivity contribution in [1.82, 2.24) is 0 Å². The molecule has 0 heterocycles. The monoisotopic (exact) mass is 352 g/mol. The zero-order valence-corrected chi connectivity index (χ0v) is 15.4. The molecule has 0 saturated heterocycles. The fourth-order valence-electron chi connectivity index (χ4n) is 7.23. The third kappa shape index (κ3) is 1.86. The van der Waals surface area contributed by atoms with E-state index in [4.69, 9.17) is 0 Å². The van der Waals surface area contributed by atoms with Gasteiger partial charge in [-0.1, -0.05) is 26.0 Å². The summed E-state index contributed by atoms with van der Waals surface area (Å²) >= 11 is 0. The first-order valence-corrected chi connectivity index (χ1v) is 9.57. The summed E-state index contributed by atoms with van der Waals surface area (Å²) in [5.41, 5.74) is -3.12. The molecule has 9 atom stereocenters. The fourth-order valence-corrected chi connectivity index (χ4v) is 7.23. The molecule has 2 bridgehead atoms. The first kappa shape index (κ1) is 17.9. The average Bonchev–Trinajstić information content (AvgIpc) is 2.71. The van der Waals surface area contributed by atoms with E-state index in [-0.39, 0.29) is 18.3 Å². The minimum Gasteiger partial charge on any atom is -0.392 e. The lowest BCUT2D eigenvalue weighted by Gasteiger charge is -2.46. The lowest BCUT2D eigenvalue weighted by molar-refractivity contribution is -0.174. The van der Waals surface area contributed by atoms with Crippen molar-refractivity contribution in [2.45, 2.75) is 82.4 Å². The third-order valence-corrected chi connectivity index (χ3v) is 8.75. The normalized spacial score (nSPS) is 60.1. The highest BCUT2D eigenvalue weighted by molar-refractivity contribution is 5.31. The van der Waals surface area contributed by atoms with Crippen LogP contribution in [-0.2, 0) is 0 Å². The Morgan fingerprint density at radius 1 is 0.960 bits per heavy atom. The molecule has 0 amide bonds. The predicted octanol–water partition coefficient (Wildman–Crippen LogP) is 0.974. The van der Waals surface area contributed by atoms with Crippen LogP contribution in [0.25, 0.3) is 0 Å². The second kappa shape index (κ2) is 4.87. The van der Waals surface area contributed by atoms with E-state index in [1.165, 1.54) is 0 Å². The maximum atomic E-state index is 11.6. The maximum Gasteiger partial charge on any atom is 0.105 e. The molecule has 0 aliphatic heterocycles. The molecule has 0 aromatic carbocycles. The van der Waals surface area contributed by atoms with E-state index in [9.17, 15) is 25.5 Å². The number of rotatable bonds is 0. The van der Waals surface area contributed by atoms with Crippen LogP contribution in [0.4, 0.5) is 0 Å². The van der Waals surface area contributed by atoms with Gasteiger partial charge in [-0.15, -0.1) is 0 Å². The molecule has 142 valence electrons. The van der Waals surface area contributed by atoms with Crippen molar-refractivity contribution < 1.29 is 25.5 Å².